The molecular weight excluding hydrogens is 467 g/mol. The molecule has 3 heteroatoms. The number of anilines is 1. The molecule has 29 heavy (non-hydrogen) atoms. The highest BCUT2D eigenvalue weighted by molar-refractivity contribution is 14.1. The van der Waals surface area contributed by atoms with Crippen LogP contribution in [-0.4, -0.2) is 4.98 Å². The summed E-state index contributed by atoms with van der Waals surface area (Å²) in [6.45, 7) is 4.03. The second-order valence-electron chi connectivity index (χ2n) is 7.02. The quantitative estimate of drug-likeness (QED) is 0.378. The van der Waals surface area contributed by atoms with Crippen LogP contribution in [0.1, 0.15) is 29.5 Å². The molecule has 0 radical (unpaired) electrons. The molecule has 2 nitrogen and oxygen atoms in total. The number of nitrogens with one attached hydrogen (secondary N) is 1. The van der Waals surface area contributed by atoms with Crippen LogP contribution in [0.2, 0.25) is 0 Å². The van der Waals surface area contributed by atoms with Crippen molar-refractivity contribution in [2.45, 2.75) is 18.4 Å². The molecule has 1 N–H and O–H groups in total. The van der Waals surface area contributed by atoms with Gasteiger partial charge >= 0.3 is 0 Å². The van der Waals surface area contributed by atoms with Gasteiger partial charge in [0.1, 0.15) is 11.4 Å². The minimum atomic E-state index is -0.511. The van der Waals surface area contributed by atoms with Gasteiger partial charge in [0.05, 0.1) is 0 Å². The molecule has 0 bridgehead atoms. The van der Waals surface area contributed by atoms with Crippen molar-refractivity contribution in [3.8, 4) is 0 Å². The van der Waals surface area contributed by atoms with Crippen LogP contribution in [0.4, 0.5) is 5.82 Å². The van der Waals surface area contributed by atoms with E-state index in [1.807, 2.05) is 18.3 Å². The zero-order chi connectivity index (χ0) is 20.1. The van der Waals surface area contributed by atoms with E-state index in [4.69, 9.17) is 4.98 Å². The summed E-state index contributed by atoms with van der Waals surface area (Å²) in [6, 6.07) is 23.3. The van der Waals surface area contributed by atoms with Gasteiger partial charge in [-0.2, -0.15) is 0 Å². The number of rotatable bonds is 6. The summed E-state index contributed by atoms with van der Waals surface area (Å²) >= 11 is 2.34. The zero-order valence-corrected chi connectivity index (χ0v) is 18.3. The predicted octanol–water partition coefficient (Wildman–Crippen LogP) is 6.96. The molecule has 144 valence electrons. The zero-order valence-electron chi connectivity index (χ0n) is 16.2. The van der Waals surface area contributed by atoms with Crippen molar-refractivity contribution in [3.05, 3.63) is 124 Å². The van der Waals surface area contributed by atoms with E-state index in [0.717, 1.165) is 27.8 Å². The number of benzene rings is 2. The van der Waals surface area contributed by atoms with Crippen molar-refractivity contribution in [1.29, 1.82) is 0 Å². The lowest BCUT2D eigenvalue weighted by molar-refractivity contribution is 0.646. The lowest BCUT2D eigenvalue weighted by Gasteiger charge is -2.40. The maximum absolute atomic E-state index is 4.71. The largest absolute Gasteiger partial charge is 0.352 e. The predicted molar refractivity (Wildman–Crippen MR) is 131 cm³/mol. The van der Waals surface area contributed by atoms with Gasteiger partial charge in [-0.25, -0.2) is 4.98 Å². The smallest absolute Gasteiger partial charge is 0.135 e. The molecule has 0 fully saturated rings. The van der Waals surface area contributed by atoms with Crippen molar-refractivity contribution >= 4 is 34.5 Å². The molecular formula is C26H23IN2. The number of hydrogen-bond donors (Lipinski definition) is 1. The number of allylic oxidation sites excluding steroid dienone is 3. The topological polar surface area (TPSA) is 24.9 Å². The van der Waals surface area contributed by atoms with Crippen LogP contribution in [0.3, 0.4) is 0 Å². The van der Waals surface area contributed by atoms with Crippen molar-refractivity contribution in [1.82, 2.24) is 4.98 Å². The fraction of sp³-hybridized carbons (Fsp3) is 0.115. The Kier molecular flexibility index (Phi) is 5.95. The van der Waals surface area contributed by atoms with Gasteiger partial charge in [0.25, 0.3) is 0 Å². The van der Waals surface area contributed by atoms with Gasteiger partial charge in [-0.3, -0.25) is 0 Å². The highest BCUT2D eigenvalue weighted by Crippen LogP contribution is 2.43. The fourth-order valence-corrected chi connectivity index (χ4v) is 4.61. The third kappa shape index (κ3) is 3.79. The van der Waals surface area contributed by atoms with Crippen LogP contribution in [0.5, 0.6) is 0 Å². The van der Waals surface area contributed by atoms with E-state index in [2.05, 4.69) is 113 Å². The number of nitrogens with zero attached hydrogens (tertiary/aromatic N) is 1. The third-order valence-corrected chi connectivity index (χ3v) is 6.30. The molecule has 0 atom stereocenters. The van der Waals surface area contributed by atoms with E-state index >= 15 is 0 Å². The first-order valence-corrected chi connectivity index (χ1v) is 10.9. The molecule has 1 aliphatic rings. The molecule has 0 amide bonds. The maximum Gasteiger partial charge on any atom is 0.135 e. The SMILES string of the molecule is C=Cc1c(I)ccnc1NC(C1=CC=CCC1)(c1ccccc1)c1ccccc1. The summed E-state index contributed by atoms with van der Waals surface area (Å²) in [5, 5.41) is 3.87. The molecule has 1 heterocycles. The summed E-state index contributed by atoms with van der Waals surface area (Å²) in [4.78, 5) is 4.71. The average molecular weight is 490 g/mol. The molecule has 0 unspecified atom stereocenters. The minimum absolute atomic E-state index is 0.511. The third-order valence-electron chi connectivity index (χ3n) is 5.36. The highest BCUT2D eigenvalue weighted by Gasteiger charge is 2.38. The van der Waals surface area contributed by atoms with Crippen molar-refractivity contribution in [3.63, 3.8) is 0 Å². The number of halogens is 1. The van der Waals surface area contributed by atoms with E-state index < -0.39 is 5.54 Å². The van der Waals surface area contributed by atoms with E-state index in [0.29, 0.717) is 0 Å². The molecule has 0 aliphatic heterocycles. The Labute approximate surface area is 186 Å². The van der Waals surface area contributed by atoms with Crippen LogP contribution < -0.4 is 5.32 Å². The molecule has 0 saturated carbocycles. The number of aromatic nitrogens is 1. The van der Waals surface area contributed by atoms with E-state index in [9.17, 15) is 0 Å². The van der Waals surface area contributed by atoms with Gasteiger partial charge in [0, 0.05) is 15.3 Å². The molecule has 3 aromatic rings. The summed E-state index contributed by atoms with van der Waals surface area (Å²) in [5.74, 6) is 0.843. The summed E-state index contributed by atoms with van der Waals surface area (Å²) in [5.41, 5.74) is 4.24. The highest BCUT2D eigenvalue weighted by atomic mass is 127. The van der Waals surface area contributed by atoms with Gasteiger partial charge in [-0.05, 0) is 58.2 Å². The molecule has 0 spiro atoms. The van der Waals surface area contributed by atoms with Crippen LogP contribution in [-0.2, 0) is 5.54 Å². The standard InChI is InChI=1S/C26H23IN2/c1-2-23-24(27)18-19-28-25(23)29-26(20-12-6-3-7-13-20,21-14-8-4-9-15-21)22-16-10-5-11-17-22/h2-10,12-16,18-19H,1,11,17H2,(H,28,29). The molecule has 2 aromatic carbocycles. The van der Waals surface area contributed by atoms with Gasteiger partial charge in [-0.1, -0.05) is 91.5 Å². The van der Waals surface area contributed by atoms with Crippen LogP contribution in [0, 0.1) is 3.57 Å². The Balaban J connectivity index is 2.00. The summed E-state index contributed by atoms with van der Waals surface area (Å²) < 4.78 is 1.13. The maximum atomic E-state index is 4.71. The van der Waals surface area contributed by atoms with Crippen LogP contribution >= 0.6 is 22.6 Å². The Morgan fingerprint density at radius 2 is 1.62 bits per heavy atom. The monoisotopic (exact) mass is 490 g/mol. The van der Waals surface area contributed by atoms with Gasteiger partial charge in [0.2, 0.25) is 0 Å². The van der Waals surface area contributed by atoms with Gasteiger partial charge in [-0.15, -0.1) is 0 Å². The lowest BCUT2D eigenvalue weighted by Crippen LogP contribution is -2.40. The van der Waals surface area contributed by atoms with E-state index in [1.165, 1.54) is 16.7 Å². The Morgan fingerprint density at radius 3 is 2.17 bits per heavy atom. The first-order valence-electron chi connectivity index (χ1n) is 9.78. The Morgan fingerprint density at radius 1 is 0.966 bits per heavy atom. The second kappa shape index (κ2) is 8.78. The van der Waals surface area contributed by atoms with Crippen LogP contribution in [0.25, 0.3) is 6.08 Å². The Hall–Kier alpha value is -2.66. The van der Waals surface area contributed by atoms with Gasteiger partial charge < -0.3 is 5.32 Å². The van der Waals surface area contributed by atoms with Gasteiger partial charge in [0.15, 0.2) is 0 Å². The molecule has 4 rings (SSSR count). The summed E-state index contributed by atoms with van der Waals surface area (Å²) in [7, 11) is 0. The number of hydrogen-bond acceptors (Lipinski definition) is 2. The molecule has 1 aromatic heterocycles. The van der Waals surface area contributed by atoms with Crippen molar-refractivity contribution < 1.29 is 0 Å². The lowest BCUT2D eigenvalue weighted by atomic mass is 9.74. The van der Waals surface area contributed by atoms with E-state index in [-0.39, 0.29) is 0 Å². The van der Waals surface area contributed by atoms with Crippen LogP contribution in [0.15, 0.2) is 103 Å². The average Bonchev–Trinajstić information content (AvgIpc) is 2.79. The Bertz CT molecular complexity index is 1010. The normalized spacial score (nSPS) is 13.6. The molecule has 0 saturated heterocycles. The van der Waals surface area contributed by atoms with Crippen molar-refractivity contribution in [2.75, 3.05) is 5.32 Å². The van der Waals surface area contributed by atoms with Crippen molar-refractivity contribution in [2.24, 2.45) is 0 Å². The first kappa shape index (κ1) is 19.6. The molecule has 1 aliphatic carbocycles. The second-order valence-corrected chi connectivity index (χ2v) is 8.19. The minimum Gasteiger partial charge on any atom is -0.352 e. The summed E-state index contributed by atoms with van der Waals surface area (Å²) in [6.07, 6.45) is 12.4. The number of pyridine rings is 1. The van der Waals surface area contributed by atoms with E-state index in [1.54, 1.807) is 0 Å². The first-order chi connectivity index (χ1) is 14.3. The fourth-order valence-electron chi connectivity index (χ4n) is 3.97.